The third-order valence-electron chi connectivity index (χ3n) is 3.09. The molecule has 0 atom stereocenters. The number of benzene rings is 2. The zero-order valence-electron chi connectivity index (χ0n) is 11.6. The molecule has 0 aliphatic rings. The summed E-state index contributed by atoms with van der Waals surface area (Å²) in [5, 5.41) is 4.57. The van der Waals surface area contributed by atoms with Crippen molar-refractivity contribution >= 4 is 17.6 Å². The highest BCUT2D eigenvalue weighted by Gasteiger charge is 2.18. The van der Waals surface area contributed by atoms with E-state index in [9.17, 15) is 4.79 Å². The maximum absolute atomic E-state index is 11.8. The molecule has 5 nitrogen and oxygen atoms in total. The molecule has 22 heavy (non-hydrogen) atoms. The lowest BCUT2D eigenvalue weighted by Gasteiger charge is -2.02. The van der Waals surface area contributed by atoms with Crippen molar-refractivity contribution < 1.29 is 14.1 Å². The minimum atomic E-state index is -0.457. The topological polar surface area (TPSA) is 65.2 Å². The van der Waals surface area contributed by atoms with E-state index in [1.54, 1.807) is 48.5 Å². The van der Waals surface area contributed by atoms with Crippen molar-refractivity contribution in [2.24, 2.45) is 0 Å². The minimum absolute atomic E-state index is 0.256. The van der Waals surface area contributed by atoms with E-state index in [4.69, 9.17) is 20.9 Å². The molecule has 0 N–H and O–H groups in total. The first-order valence-electron chi connectivity index (χ1n) is 6.46. The molecule has 3 aromatic rings. The van der Waals surface area contributed by atoms with Crippen molar-refractivity contribution in [1.29, 1.82) is 0 Å². The van der Waals surface area contributed by atoms with Crippen LogP contribution in [0.1, 0.15) is 10.4 Å². The fourth-order valence-electron chi connectivity index (χ4n) is 2.01. The Morgan fingerprint density at radius 2 is 1.86 bits per heavy atom. The average Bonchev–Trinajstić information content (AvgIpc) is 3.04. The molecule has 0 saturated carbocycles. The number of nitrogens with zero attached hydrogens (tertiary/aromatic N) is 2. The van der Waals surface area contributed by atoms with Crippen LogP contribution >= 0.6 is 11.6 Å². The van der Waals surface area contributed by atoms with E-state index in [2.05, 4.69) is 10.1 Å². The maximum Gasteiger partial charge on any atom is 0.338 e. The summed E-state index contributed by atoms with van der Waals surface area (Å²) in [6, 6.07) is 14.0. The average molecular weight is 315 g/mol. The second-order valence-corrected chi connectivity index (χ2v) is 4.90. The molecule has 0 aliphatic carbocycles. The van der Waals surface area contributed by atoms with E-state index < -0.39 is 5.97 Å². The lowest BCUT2D eigenvalue weighted by molar-refractivity contribution is 0.0601. The largest absolute Gasteiger partial charge is 0.465 e. The molecular weight excluding hydrogens is 304 g/mol. The number of carbonyl (C=O) groups is 1. The Hall–Kier alpha value is -2.66. The maximum atomic E-state index is 11.8. The predicted octanol–water partition coefficient (Wildman–Crippen LogP) is 3.84. The molecule has 0 spiro atoms. The van der Waals surface area contributed by atoms with Crippen LogP contribution in [-0.2, 0) is 4.74 Å². The zero-order chi connectivity index (χ0) is 15.5. The van der Waals surface area contributed by atoms with Crippen LogP contribution in [0.2, 0.25) is 5.02 Å². The highest BCUT2D eigenvalue weighted by atomic mass is 35.5. The highest BCUT2D eigenvalue weighted by molar-refractivity contribution is 6.30. The van der Waals surface area contributed by atoms with Gasteiger partial charge in [-0.05, 0) is 36.4 Å². The molecule has 1 aromatic heterocycles. The first-order chi connectivity index (χ1) is 10.7. The van der Waals surface area contributed by atoms with Crippen LogP contribution in [0.25, 0.3) is 22.8 Å². The Labute approximate surface area is 131 Å². The number of halogens is 1. The number of ether oxygens (including phenoxy) is 1. The molecule has 0 bridgehead atoms. The summed E-state index contributed by atoms with van der Waals surface area (Å²) in [5.74, 6) is 0.221. The van der Waals surface area contributed by atoms with Gasteiger partial charge in [-0.3, -0.25) is 0 Å². The third-order valence-corrected chi connectivity index (χ3v) is 3.34. The fraction of sp³-hybridized carbons (Fsp3) is 0.0625. The Bertz CT molecular complexity index is 812. The number of hydrogen-bond acceptors (Lipinski definition) is 5. The summed E-state index contributed by atoms with van der Waals surface area (Å²) >= 11 is 5.86. The normalized spacial score (nSPS) is 10.5. The zero-order valence-corrected chi connectivity index (χ0v) is 12.4. The molecule has 6 heteroatoms. The first kappa shape index (κ1) is 14.3. The minimum Gasteiger partial charge on any atom is -0.465 e. The van der Waals surface area contributed by atoms with Gasteiger partial charge in [-0.1, -0.05) is 28.9 Å². The van der Waals surface area contributed by atoms with E-state index in [1.165, 1.54) is 7.11 Å². The van der Waals surface area contributed by atoms with Crippen molar-refractivity contribution in [3.63, 3.8) is 0 Å². The number of rotatable bonds is 3. The number of hydrogen-bond donors (Lipinski definition) is 0. The highest BCUT2D eigenvalue weighted by Crippen LogP contribution is 2.26. The molecular formula is C16H11ClN2O3. The molecule has 110 valence electrons. The van der Waals surface area contributed by atoms with Crippen LogP contribution in [0, 0.1) is 0 Å². The molecule has 0 aliphatic heterocycles. The van der Waals surface area contributed by atoms with E-state index in [1.807, 2.05) is 0 Å². The molecule has 0 fully saturated rings. The van der Waals surface area contributed by atoms with Gasteiger partial charge in [-0.15, -0.1) is 0 Å². The van der Waals surface area contributed by atoms with Crippen LogP contribution in [0.4, 0.5) is 0 Å². The number of methoxy groups -OCH3 is 1. The van der Waals surface area contributed by atoms with Gasteiger partial charge in [0.15, 0.2) is 0 Å². The fourth-order valence-corrected chi connectivity index (χ4v) is 2.13. The van der Waals surface area contributed by atoms with Crippen LogP contribution < -0.4 is 0 Å². The molecule has 0 saturated heterocycles. The Kier molecular flexibility index (Phi) is 3.89. The van der Waals surface area contributed by atoms with Crippen molar-refractivity contribution in [2.75, 3.05) is 7.11 Å². The van der Waals surface area contributed by atoms with Gasteiger partial charge in [-0.25, -0.2) is 4.79 Å². The van der Waals surface area contributed by atoms with Gasteiger partial charge in [-0.2, -0.15) is 4.98 Å². The van der Waals surface area contributed by atoms with E-state index in [0.717, 1.165) is 5.56 Å². The van der Waals surface area contributed by atoms with E-state index >= 15 is 0 Å². The van der Waals surface area contributed by atoms with Gasteiger partial charge in [0.1, 0.15) is 0 Å². The number of carbonyl (C=O) groups excluding carboxylic acids is 1. The van der Waals surface area contributed by atoms with Crippen molar-refractivity contribution in [2.45, 2.75) is 0 Å². The number of aromatic nitrogens is 2. The second-order valence-electron chi connectivity index (χ2n) is 4.47. The first-order valence-corrected chi connectivity index (χ1v) is 6.84. The Morgan fingerprint density at radius 3 is 2.59 bits per heavy atom. The Morgan fingerprint density at radius 1 is 1.14 bits per heavy atom. The van der Waals surface area contributed by atoms with Gasteiger partial charge in [0.2, 0.25) is 5.82 Å². The van der Waals surface area contributed by atoms with Gasteiger partial charge in [0, 0.05) is 10.6 Å². The Balaban J connectivity index is 2.01. The van der Waals surface area contributed by atoms with Crippen molar-refractivity contribution in [3.05, 3.63) is 59.1 Å². The van der Waals surface area contributed by atoms with Crippen LogP contribution in [0.15, 0.2) is 53.1 Å². The lowest BCUT2D eigenvalue weighted by atomic mass is 10.1. The third kappa shape index (κ3) is 2.71. The monoisotopic (exact) mass is 314 g/mol. The lowest BCUT2D eigenvalue weighted by Crippen LogP contribution is -2.03. The quantitative estimate of drug-likeness (QED) is 0.687. The van der Waals surface area contributed by atoms with Gasteiger partial charge in [0.05, 0.1) is 18.2 Å². The smallest absolute Gasteiger partial charge is 0.338 e. The van der Waals surface area contributed by atoms with Crippen molar-refractivity contribution in [3.8, 4) is 22.8 Å². The van der Waals surface area contributed by atoms with Gasteiger partial charge < -0.3 is 9.26 Å². The van der Waals surface area contributed by atoms with Gasteiger partial charge in [0.25, 0.3) is 5.89 Å². The summed E-state index contributed by atoms with van der Waals surface area (Å²) in [6.45, 7) is 0. The van der Waals surface area contributed by atoms with Crippen LogP contribution in [-0.4, -0.2) is 23.2 Å². The summed E-state index contributed by atoms with van der Waals surface area (Å²) in [7, 11) is 1.33. The molecule has 2 aromatic carbocycles. The van der Waals surface area contributed by atoms with Crippen molar-refractivity contribution in [1.82, 2.24) is 10.1 Å². The standard InChI is InChI=1S/C16H11ClN2O3/c1-21-16(20)13-5-3-2-4-12(13)15-18-14(19-22-15)10-6-8-11(17)9-7-10/h2-9H,1H3. The molecule has 0 unspecified atom stereocenters. The summed E-state index contributed by atoms with van der Waals surface area (Å²) in [4.78, 5) is 16.1. The summed E-state index contributed by atoms with van der Waals surface area (Å²) in [5.41, 5.74) is 1.67. The molecule has 0 amide bonds. The number of esters is 1. The van der Waals surface area contributed by atoms with Crippen LogP contribution in [0.3, 0.4) is 0 Å². The molecule has 1 heterocycles. The predicted molar refractivity (Wildman–Crippen MR) is 81.5 cm³/mol. The summed E-state index contributed by atoms with van der Waals surface area (Å²) in [6.07, 6.45) is 0. The SMILES string of the molecule is COC(=O)c1ccccc1-c1nc(-c2ccc(Cl)cc2)no1. The molecule has 0 radical (unpaired) electrons. The van der Waals surface area contributed by atoms with Crippen LogP contribution in [0.5, 0.6) is 0 Å². The van der Waals surface area contributed by atoms with Gasteiger partial charge >= 0.3 is 5.97 Å². The molecule has 3 rings (SSSR count). The van der Waals surface area contributed by atoms with E-state index in [-0.39, 0.29) is 5.89 Å². The second kappa shape index (κ2) is 5.99. The van der Waals surface area contributed by atoms with E-state index in [0.29, 0.717) is 22.0 Å². The summed E-state index contributed by atoms with van der Waals surface area (Å²) < 4.78 is 10.0.